The summed E-state index contributed by atoms with van der Waals surface area (Å²) < 4.78 is 0. The Labute approximate surface area is 161 Å². The minimum Gasteiger partial charge on any atom is -0.349 e. The van der Waals surface area contributed by atoms with E-state index in [1.165, 1.54) is 0 Å². The number of aromatic nitrogens is 2. The number of nitrogens with one attached hydrogen (secondary N) is 1. The van der Waals surface area contributed by atoms with E-state index in [-0.39, 0.29) is 17.9 Å². The van der Waals surface area contributed by atoms with E-state index in [9.17, 15) is 9.59 Å². The van der Waals surface area contributed by atoms with Gasteiger partial charge in [-0.25, -0.2) is 9.97 Å². The van der Waals surface area contributed by atoms with Crippen molar-refractivity contribution in [3.8, 4) is 0 Å². The van der Waals surface area contributed by atoms with Gasteiger partial charge in [0.05, 0.1) is 23.8 Å². The molecular weight excluding hydrogens is 342 g/mol. The maximum absolute atomic E-state index is 12.7. The fourth-order valence-electron chi connectivity index (χ4n) is 3.75. The zero-order chi connectivity index (χ0) is 19.4. The number of likely N-dealkylation sites (tertiary alicyclic amines) is 1. The van der Waals surface area contributed by atoms with Crippen LogP contribution in [0.4, 0.5) is 0 Å². The molecule has 1 aliphatic heterocycles. The predicted molar refractivity (Wildman–Crippen MR) is 103 cm³/mol. The Bertz CT molecular complexity index is 685. The lowest BCUT2D eigenvalue weighted by Gasteiger charge is -2.36. The lowest BCUT2D eigenvalue weighted by molar-refractivity contribution is -0.133. The number of hydrogen-bond donors (Lipinski definition) is 1. The summed E-state index contributed by atoms with van der Waals surface area (Å²) in [4.78, 5) is 38.3. The van der Waals surface area contributed by atoms with Crippen LogP contribution < -0.4 is 5.32 Å². The van der Waals surface area contributed by atoms with Crippen LogP contribution in [0, 0.1) is 6.92 Å². The van der Waals surface area contributed by atoms with Crippen molar-refractivity contribution in [2.75, 3.05) is 26.2 Å². The molecule has 1 aromatic heterocycles. The minimum atomic E-state index is -0.0897. The highest BCUT2D eigenvalue weighted by Crippen LogP contribution is 2.32. The van der Waals surface area contributed by atoms with E-state index in [0.29, 0.717) is 24.0 Å². The van der Waals surface area contributed by atoms with Crippen molar-refractivity contribution in [3.63, 3.8) is 0 Å². The van der Waals surface area contributed by atoms with Gasteiger partial charge in [0.15, 0.2) is 0 Å². The summed E-state index contributed by atoms with van der Waals surface area (Å²) >= 11 is 0. The van der Waals surface area contributed by atoms with Crippen LogP contribution >= 0.6 is 0 Å². The molecule has 0 aromatic carbocycles. The van der Waals surface area contributed by atoms with E-state index in [1.54, 1.807) is 6.20 Å². The van der Waals surface area contributed by atoms with Gasteiger partial charge in [-0.15, -0.1) is 0 Å². The van der Waals surface area contributed by atoms with Crippen LogP contribution in [0.15, 0.2) is 6.20 Å². The smallest absolute Gasteiger partial charge is 0.254 e. The Kier molecular flexibility index (Phi) is 6.42. The van der Waals surface area contributed by atoms with Gasteiger partial charge < -0.3 is 10.2 Å². The first-order valence-corrected chi connectivity index (χ1v) is 10.2. The lowest BCUT2D eigenvalue weighted by atomic mass is 9.96. The molecule has 1 saturated heterocycles. The van der Waals surface area contributed by atoms with Crippen LogP contribution in [0.25, 0.3) is 0 Å². The van der Waals surface area contributed by atoms with Gasteiger partial charge in [-0.3, -0.25) is 14.5 Å². The summed E-state index contributed by atoms with van der Waals surface area (Å²) in [5.74, 6) is 0.711. The van der Waals surface area contributed by atoms with Gasteiger partial charge in [-0.2, -0.15) is 0 Å². The van der Waals surface area contributed by atoms with Crippen molar-refractivity contribution >= 4 is 11.8 Å². The molecule has 1 atom stereocenters. The van der Waals surface area contributed by atoms with E-state index >= 15 is 0 Å². The number of hydrogen-bond acceptors (Lipinski definition) is 5. The van der Waals surface area contributed by atoms with E-state index < -0.39 is 0 Å². The summed E-state index contributed by atoms with van der Waals surface area (Å²) in [6.45, 7) is 8.52. The molecule has 0 radical (unpaired) electrons. The summed E-state index contributed by atoms with van der Waals surface area (Å²) in [6, 6.07) is 0.276. The van der Waals surface area contributed by atoms with Crippen LogP contribution in [0.2, 0.25) is 0 Å². The zero-order valence-electron chi connectivity index (χ0n) is 16.7. The number of carbonyl (C=O) groups excluding carboxylic acids is 2. The lowest BCUT2D eigenvalue weighted by Crippen LogP contribution is -2.44. The first kappa shape index (κ1) is 19.7. The molecule has 0 spiro atoms. The molecule has 2 aliphatic rings. The SMILES string of the molecule is CCN(CC)C(=O)CN1CCCC[C@@H]1c1nc(C)ncc1C(=O)NC1CC1. The first-order valence-electron chi connectivity index (χ1n) is 10.2. The fourth-order valence-corrected chi connectivity index (χ4v) is 3.75. The molecule has 2 fully saturated rings. The Balaban J connectivity index is 1.84. The van der Waals surface area contributed by atoms with Crippen LogP contribution in [0.1, 0.15) is 73.9 Å². The van der Waals surface area contributed by atoms with Crippen molar-refractivity contribution in [1.29, 1.82) is 0 Å². The molecule has 1 aromatic rings. The zero-order valence-corrected chi connectivity index (χ0v) is 16.7. The van der Waals surface area contributed by atoms with Gasteiger partial charge in [0.25, 0.3) is 5.91 Å². The van der Waals surface area contributed by atoms with Crippen molar-refractivity contribution in [1.82, 2.24) is 25.1 Å². The summed E-state index contributed by atoms with van der Waals surface area (Å²) in [7, 11) is 0. The van der Waals surface area contributed by atoms with Crippen LogP contribution in [0.3, 0.4) is 0 Å². The van der Waals surface area contributed by atoms with Gasteiger partial charge in [0.2, 0.25) is 5.91 Å². The minimum absolute atomic E-state index is 0.0140. The second kappa shape index (κ2) is 8.78. The quantitative estimate of drug-likeness (QED) is 0.792. The van der Waals surface area contributed by atoms with Gasteiger partial charge in [0.1, 0.15) is 5.82 Å². The normalized spacial score (nSPS) is 20.3. The maximum atomic E-state index is 12.7. The largest absolute Gasteiger partial charge is 0.349 e. The Morgan fingerprint density at radius 3 is 2.63 bits per heavy atom. The predicted octanol–water partition coefficient (Wildman–Crippen LogP) is 2.07. The molecule has 2 heterocycles. The second-order valence-corrected chi connectivity index (χ2v) is 7.51. The van der Waals surface area contributed by atoms with Gasteiger partial charge in [-0.1, -0.05) is 6.42 Å². The molecule has 1 N–H and O–H groups in total. The first-order chi connectivity index (χ1) is 13.0. The summed E-state index contributed by atoms with van der Waals surface area (Å²) in [5, 5.41) is 3.05. The molecule has 7 nitrogen and oxygen atoms in total. The standard InChI is InChI=1S/C20H31N5O2/c1-4-24(5-2)18(26)13-25-11-7-6-8-17(25)19-16(12-21-14(3)22-19)20(27)23-15-9-10-15/h12,15,17H,4-11,13H2,1-3H3,(H,23,27)/t17-/m1/s1. The third-order valence-corrected chi connectivity index (χ3v) is 5.48. The maximum Gasteiger partial charge on any atom is 0.254 e. The van der Waals surface area contributed by atoms with Crippen LogP contribution in [0.5, 0.6) is 0 Å². The van der Waals surface area contributed by atoms with Crippen molar-refractivity contribution in [2.24, 2.45) is 0 Å². The third kappa shape index (κ3) is 4.83. The number of likely N-dealkylation sites (N-methyl/N-ethyl adjacent to an activating group) is 1. The third-order valence-electron chi connectivity index (χ3n) is 5.48. The molecule has 1 saturated carbocycles. The Morgan fingerprint density at radius 1 is 1.22 bits per heavy atom. The number of nitrogens with zero attached hydrogens (tertiary/aromatic N) is 4. The highest BCUT2D eigenvalue weighted by atomic mass is 16.2. The molecule has 2 amide bonds. The van der Waals surface area contributed by atoms with Crippen molar-refractivity contribution < 1.29 is 9.59 Å². The van der Waals surface area contributed by atoms with Gasteiger partial charge in [0, 0.05) is 25.3 Å². The van der Waals surface area contributed by atoms with Gasteiger partial charge >= 0.3 is 0 Å². The number of carbonyl (C=O) groups is 2. The number of piperidine rings is 1. The fraction of sp³-hybridized carbons (Fsp3) is 0.700. The molecule has 0 unspecified atom stereocenters. The Morgan fingerprint density at radius 2 is 1.96 bits per heavy atom. The molecule has 148 valence electrons. The average Bonchev–Trinajstić information content (AvgIpc) is 3.47. The number of aryl methyl sites for hydroxylation is 1. The highest BCUT2D eigenvalue weighted by Gasteiger charge is 2.32. The Hall–Kier alpha value is -2.02. The van der Waals surface area contributed by atoms with E-state index in [2.05, 4.69) is 20.2 Å². The summed E-state index contributed by atoms with van der Waals surface area (Å²) in [5.41, 5.74) is 1.33. The van der Waals surface area contributed by atoms with Crippen LogP contribution in [-0.2, 0) is 4.79 Å². The number of rotatable bonds is 7. The molecule has 1 aliphatic carbocycles. The highest BCUT2D eigenvalue weighted by molar-refractivity contribution is 5.95. The van der Waals surface area contributed by atoms with Gasteiger partial charge in [-0.05, 0) is 53.0 Å². The molecular formula is C20H31N5O2. The van der Waals surface area contributed by atoms with Crippen molar-refractivity contribution in [3.05, 3.63) is 23.3 Å². The molecule has 0 bridgehead atoms. The monoisotopic (exact) mass is 373 g/mol. The number of amides is 2. The second-order valence-electron chi connectivity index (χ2n) is 7.51. The molecule has 7 heteroatoms. The van der Waals surface area contributed by atoms with Crippen LogP contribution in [-0.4, -0.2) is 63.8 Å². The summed E-state index contributed by atoms with van der Waals surface area (Å²) in [6.07, 6.45) is 6.78. The van der Waals surface area contributed by atoms with E-state index in [4.69, 9.17) is 0 Å². The molecule has 27 heavy (non-hydrogen) atoms. The molecule has 3 rings (SSSR count). The topological polar surface area (TPSA) is 78.4 Å². The van der Waals surface area contributed by atoms with E-state index in [1.807, 2.05) is 25.7 Å². The van der Waals surface area contributed by atoms with E-state index in [0.717, 1.165) is 57.4 Å². The average molecular weight is 374 g/mol. The van der Waals surface area contributed by atoms with Crippen molar-refractivity contribution in [2.45, 2.75) is 65.0 Å².